The van der Waals surface area contributed by atoms with Crippen molar-refractivity contribution in [1.29, 1.82) is 0 Å². The first-order valence-electron chi connectivity index (χ1n) is 13.3. The van der Waals surface area contributed by atoms with Crippen LogP contribution in [0.3, 0.4) is 0 Å². The molecule has 2 rings (SSSR count). The van der Waals surface area contributed by atoms with Crippen molar-refractivity contribution in [3.05, 3.63) is 71.8 Å². The lowest BCUT2D eigenvalue weighted by molar-refractivity contribution is -0.121. The van der Waals surface area contributed by atoms with Crippen LogP contribution in [0.25, 0.3) is 0 Å². The summed E-state index contributed by atoms with van der Waals surface area (Å²) in [6, 6.07) is 19.7. The molecule has 6 nitrogen and oxygen atoms in total. The molecule has 0 saturated heterocycles. The van der Waals surface area contributed by atoms with Gasteiger partial charge in [0, 0.05) is 24.6 Å². The molecule has 0 saturated carbocycles. The zero-order valence-corrected chi connectivity index (χ0v) is 26.9. The fourth-order valence-electron chi connectivity index (χ4n) is 4.30. The summed E-state index contributed by atoms with van der Waals surface area (Å²) in [5, 5.41) is 6.37. The van der Waals surface area contributed by atoms with E-state index in [1.54, 1.807) is 0 Å². The minimum Gasteiger partial charge on any atom is -0.435 e. The quantitative estimate of drug-likeness (QED) is 0.270. The number of benzene rings is 2. The van der Waals surface area contributed by atoms with Gasteiger partial charge in [0.1, 0.15) is 0 Å². The number of nitrogens with one attached hydrogen (secondary N) is 2. The molecular formula is C28H46N2O4Si3. The van der Waals surface area contributed by atoms with Crippen LogP contribution in [0.1, 0.15) is 42.6 Å². The molecule has 1 atom stereocenters. The predicted octanol–water partition coefficient (Wildman–Crippen LogP) is 6.22. The Balaban J connectivity index is 2.38. The van der Waals surface area contributed by atoms with E-state index in [4.69, 9.17) is 8.23 Å². The SMILES string of the molecule is CC(C)CC(NC(=O)c1ccccc1)[Si](CCC(=O)NCc1ccccc1)(O[Si](C)(C)C)O[Si](C)(C)C. The minimum absolute atomic E-state index is 0.0308. The fraction of sp³-hybridized carbons (Fsp3) is 0.500. The molecule has 0 aliphatic heterocycles. The third-order valence-corrected chi connectivity index (χ3v) is 15.6. The van der Waals surface area contributed by atoms with Gasteiger partial charge in [-0.2, -0.15) is 0 Å². The number of rotatable bonds is 14. The zero-order valence-electron chi connectivity index (χ0n) is 23.9. The normalized spacial score (nSPS) is 13.3. The monoisotopic (exact) mass is 558 g/mol. The highest BCUT2D eigenvalue weighted by Gasteiger charge is 2.51. The summed E-state index contributed by atoms with van der Waals surface area (Å²) in [5.74, 6) is 0.155. The molecule has 0 aromatic heterocycles. The second-order valence-electron chi connectivity index (χ2n) is 12.0. The second-order valence-corrected chi connectivity index (χ2v) is 24.9. The van der Waals surface area contributed by atoms with Gasteiger partial charge < -0.3 is 18.9 Å². The van der Waals surface area contributed by atoms with E-state index >= 15 is 0 Å². The van der Waals surface area contributed by atoms with E-state index < -0.39 is 25.2 Å². The van der Waals surface area contributed by atoms with Crippen LogP contribution >= 0.6 is 0 Å². The van der Waals surface area contributed by atoms with Crippen LogP contribution in [0, 0.1) is 5.92 Å². The van der Waals surface area contributed by atoms with Crippen molar-refractivity contribution in [1.82, 2.24) is 10.6 Å². The molecule has 0 heterocycles. The molecule has 2 N–H and O–H groups in total. The Morgan fingerprint density at radius 3 is 1.81 bits per heavy atom. The summed E-state index contributed by atoms with van der Waals surface area (Å²) in [6.07, 6.45) is 1.02. The average molecular weight is 559 g/mol. The van der Waals surface area contributed by atoms with E-state index in [-0.39, 0.29) is 17.5 Å². The molecular weight excluding hydrogens is 513 g/mol. The lowest BCUT2D eigenvalue weighted by atomic mass is 10.1. The molecule has 0 spiro atoms. The fourth-order valence-corrected chi connectivity index (χ4v) is 17.2. The Labute approximate surface area is 227 Å². The number of hydrogen-bond acceptors (Lipinski definition) is 4. The highest BCUT2D eigenvalue weighted by molar-refractivity contribution is 6.89. The number of amides is 2. The van der Waals surface area contributed by atoms with E-state index in [0.29, 0.717) is 30.5 Å². The van der Waals surface area contributed by atoms with Gasteiger partial charge in [-0.15, -0.1) is 0 Å². The molecule has 0 aliphatic rings. The predicted molar refractivity (Wildman–Crippen MR) is 159 cm³/mol. The van der Waals surface area contributed by atoms with Crippen molar-refractivity contribution in [3.63, 3.8) is 0 Å². The molecule has 9 heteroatoms. The van der Waals surface area contributed by atoms with Crippen LogP contribution in [-0.4, -0.2) is 42.7 Å². The van der Waals surface area contributed by atoms with E-state index in [9.17, 15) is 9.59 Å². The second kappa shape index (κ2) is 13.7. The summed E-state index contributed by atoms with van der Waals surface area (Å²) in [5.41, 5.74) is 1.39. The molecule has 1 unspecified atom stereocenters. The Bertz CT molecular complexity index is 974. The highest BCUT2D eigenvalue weighted by Crippen LogP contribution is 2.32. The van der Waals surface area contributed by atoms with Gasteiger partial charge in [0.15, 0.2) is 16.6 Å². The van der Waals surface area contributed by atoms with Gasteiger partial charge in [-0.25, -0.2) is 0 Å². The Kier molecular flexibility index (Phi) is 11.5. The van der Waals surface area contributed by atoms with Crippen molar-refractivity contribution in [2.75, 3.05) is 0 Å². The Morgan fingerprint density at radius 2 is 1.32 bits per heavy atom. The van der Waals surface area contributed by atoms with E-state index in [1.807, 2.05) is 60.7 Å². The molecule has 2 amide bonds. The third-order valence-electron chi connectivity index (χ3n) is 5.57. The lowest BCUT2D eigenvalue weighted by Crippen LogP contribution is -2.67. The van der Waals surface area contributed by atoms with Gasteiger partial charge in [0.05, 0.1) is 5.67 Å². The van der Waals surface area contributed by atoms with Gasteiger partial charge in [0.2, 0.25) is 5.91 Å². The summed E-state index contributed by atoms with van der Waals surface area (Å²) < 4.78 is 14.0. The molecule has 37 heavy (non-hydrogen) atoms. The van der Waals surface area contributed by atoms with Gasteiger partial charge in [-0.1, -0.05) is 62.4 Å². The van der Waals surface area contributed by atoms with E-state index in [0.717, 1.165) is 12.0 Å². The highest BCUT2D eigenvalue weighted by atomic mass is 28.5. The summed E-state index contributed by atoms with van der Waals surface area (Å²) in [4.78, 5) is 26.4. The van der Waals surface area contributed by atoms with Crippen molar-refractivity contribution < 1.29 is 17.8 Å². The number of carbonyl (C=O) groups is 2. The van der Waals surface area contributed by atoms with Crippen molar-refractivity contribution in [2.45, 2.75) is 84.2 Å². The van der Waals surface area contributed by atoms with Crippen LogP contribution in [0.2, 0.25) is 45.3 Å². The zero-order chi connectivity index (χ0) is 27.7. The van der Waals surface area contributed by atoms with Crippen LogP contribution in [0.4, 0.5) is 0 Å². The summed E-state index contributed by atoms with van der Waals surface area (Å²) in [6.45, 7) is 17.7. The topological polar surface area (TPSA) is 76.7 Å². The van der Waals surface area contributed by atoms with Gasteiger partial charge in [0.25, 0.3) is 5.91 Å². The summed E-state index contributed by atoms with van der Waals surface area (Å²) in [7, 11) is -7.30. The molecule has 0 fully saturated rings. The van der Waals surface area contributed by atoms with E-state index in [2.05, 4.69) is 63.8 Å². The maximum Gasteiger partial charge on any atom is 0.341 e. The number of hydrogen-bond donors (Lipinski definition) is 2. The van der Waals surface area contributed by atoms with Crippen molar-refractivity contribution in [3.8, 4) is 0 Å². The smallest absolute Gasteiger partial charge is 0.341 e. The van der Waals surface area contributed by atoms with Crippen LogP contribution in [-0.2, 0) is 19.6 Å². The average Bonchev–Trinajstić information content (AvgIpc) is 2.79. The molecule has 2 aromatic carbocycles. The van der Waals surface area contributed by atoms with Gasteiger partial charge >= 0.3 is 8.56 Å². The maximum atomic E-state index is 13.4. The molecule has 0 radical (unpaired) electrons. The Hall–Kier alpha value is -2.05. The first-order valence-corrected chi connectivity index (χ1v) is 22.2. The number of carbonyl (C=O) groups excluding carboxylic acids is 2. The molecule has 0 aliphatic carbocycles. The lowest BCUT2D eigenvalue weighted by Gasteiger charge is -2.46. The third kappa shape index (κ3) is 11.5. The first-order chi connectivity index (χ1) is 17.2. The van der Waals surface area contributed by atoms with Crippen LogP contribution in [0.15, 0.2) is 60.7 Å². The minimum atomic E-state index is -3.09. The Morgan fingerprint density at radius 1 is 0.811 bits per heavy atom. The van der Waals surface area contributed by atoms with Crippen LogP contribution in [0.5, 0.6) is 0 Å². The maximum absolute atomic E-state index is 13.4. The van der Waals surface area contributed by atoms with Crippen molar-refractivity contribution in [2.24, 2.45) is 5.92 Å². The standard InChI is InChI=1S/C28H46N2O4Si3/c1-23(2)21-27(30-28(32)25-17-13-10-14-18-25)37(33-35(3,4)5,34-36(6,7)8)20-19-26(31)29-22-24-15-11-9-12-16-24/h9-18,23,27H,19-22H2,1-8H3,(H,29,31)(H,30,32). The first kappa shape index (κ1) is 31.2. The van der Waals surface area contributed by atoms with E-state index in [1.165, 1.54) is 0 Å². The molecule has 204 valence electrons. The van der Waals surface area contributed by atoms with Gasteiger partial charge in [-0.3, -0.25) is 9.59 Å². The van der Waals surface area contributed by atoms with Crippen LogP contribution < -0.4 is 10.6 Å². The summed E-state index contributed by atoms with van der Waals surface area (Å²) >= 11 is 0. The molecule has 0 bridgehead atoms. The largest absolute Gasteiger partial charge is 0.435 e. The van der Waals surface area contributed by atoms with Gasteiger partial charge in [-0.05, 0) is 69.3 Å². The van der Waals surface area contributed by atoms with Crippen molar-refractivity contribution >= 4 is 37.0 Å². The molecule has 2 aromatic rings.